The van der Waals surface area contributed by atoms with Gasteiger partial charge in [-0.05, 0) is 109 Å². The van der Waals surface area contributed by atoms with E-state index >= 15 is 0 Å². The van der Waals surface area contributed by atoms with Crippen molar-refractivity contribution in [1.82, 2.24) is 4.90 Å². The number of carbonyl (C=O) groups excluding carboxylic acids is 1. The number of Topliss-reactive ketones (excluding diaryl/α,β-unsaturated/α-hetero) is 1. The Morgan fingerprint density at radius 1 is 1.09 bits per heavy atom. The number of aliphatic imine (C=N–C) groups is 1. The number of halogens is 1. The molecule has 0 bridgehead atoms. The first-order valence-electron chi connectivity index (χ1n) is 13.0. The normalized spacial score (nSPS) is 16.2. The van der Waals surface area contributed by atoms with Crippen LogP contribution in [0, 0.1) is 19.8 Å². The molecule has 192 valence electrons. The molecule has 1 saturated heterocycles. The standard InChI is InChI=1S/C23H27ClN2O.C7H17N/c1-15-7-8-16(2)23(12-15)25-17(3)21-13-20(9-10-22(21)24)26-11-5-6-19(14-26)18(4)27;1-4-6-8(3)7-5-2/h7-10,12-13,19H,5-6,11,14H2,1-4H3;4-7H2,1-3H3. The van der Waals surface area contributed by atoms with E-state index < -0.39 is 0 Å². The first-order chi connectivity index (χ1) is 16.7. The molecule has 3 rings (SSSR count). The van der Waals surface area contributed by atoms with Crippen molar-refractivity contribution in [2.75, 3.05) is 38.1 Å². The first kappa shape index (κ1) is 29.1. The third-order valence-electron chi connectivity index (χ3n) is 6.56. The zero-order valence-corrected chi connectivity index (χ0v) is 23.6. The molecule has 0 saturated carbocycles. The second kappa shape index (κ2) is 14.4. The van der Waals surface area contributed by atoms with Crippen LogP contribution in [-0.2, 0) is 4.79 Å². The summed E-state index contributed by atoms with van der Waals surface area (Å²) in [5, 5.41) is 0.699. The van der Waals surface area contributed by atoms with Gasteiger partial charge in [0.2, 0.25) is 0 Å². The van der Waals surface area contributed by atoms with Gasteiger partial charge in [0, 0.05) is 41.0 Å². The zero-order valence-electron chi connectivity index (χ0n) is 22.8. The van der Waals surface area contributed by atoms with Crippen molar-refractivity contribution in [2.24, 2.45) is 10.9 Å². The van der Waals surface area contributed by atoms with Crippen molar-refractivity contribution >= 4 is 34.5 Å². The van der Waals surface area contributed by atoms with Crippen LogP contribution in [0.2, 0.25) is 5.02 Å². The lowest BCUT2D eigenvalue weighted by molar-refractivity contribution is -0.120. The van der Waals surface area contributed by atoms with E-state index in [1.165, 1.54) is 31.5 Å². The van der Waals surface area contributed by atoms with Crippen LogP contribution in [0.3, 0.4) is 0 Å². The Balaban J connectivity index is 0.000000466. The van der Waals surface area contributed by atoms with Crippen LogP contribution in [0.25, 0.3) is 0 Å². The van der Waals surface area contributed by atoms with Crippen LogP contribution in [0.4, 0.5) is 11.4 Å². The Morgan fingerprint density at radius 3 is 2.40 bits per heavy atom. The summed E-state index contributed by atoms with van der Waals surface area (Å²) in [6, 6.07) is 12.4. The van der Waals surface area contributed by atoms with E-state index in [1.807, 2.05) is 19.1 Å². The van der Waals surface area contributed by atoms with Crippen LogP contribution in [0.1, 0.15) is 70.1 Å². The fourth-order valence-corrected chi connectivity index (χ4v) is 4.74. The second-order valence-corrected chi connectivity index (χ2v) is 10.3. The molecule has 2 aromatic carbocycles. The monoisotopic (exact) mass is 497 g/mol. The van der Waals surface area contributed by atoms with Crippen LogP contribution in [-0.4, -0.2) is 49.6 Å². The Kier molecular flexibility index (Phi) is 12.0. The van der Waals surface area contributed by atoms with Gasteiger partial charge in [0.15, 0.2) is 0 Å². The minimum absolute atomic E-state index is 0.127. The first-order valence-corrected chi connectivity index (χ1v) is 13.4. The Labute approximate surface area is 218 Å². The zero-order chi connectivity index (χ0) is 26.0. The minimum atomic E-state index is 0.127. The van der Waals surface area contributed by atoms with Crippen molar-refractivity contribution < 1.29 is 4.79 Å². The highest BCUT2D eigenvalue weighted by atomic mass is 35.5. The third kappa shape index (κ3) is 9.09. The Bertz CT molecular complexity index is 995. The number of nitrogens with zero attached hydrogens (tertiary/aromatic N) is 3. The molecule has 0 N–H and O–H groups in total. The molecular formula is C30H44ClN3O. The molecular weight excluding hydrogens is 454 g/mol. The highest BCUT2D eigenvalue weighted by Crippen LogP contribution is 2.29. The summed E-state index contributed by atoms with van der Waals surface area (Å²) in [5.74, 6) is 0.407. The smallest absolute Gasteiger partial charge is 0.134 e. The van der Waals surface area contributed by atoms with Gasteiger partial charge >= 0.3 is 0 Å². The molecule has 1 aliphatic rings. The van der Waals surface area contributed by atoms with E-state index in [0.29, 0.717) is 5.02 Å². The summed E-state index contributed by atoms with van der Waals surface area (Å²) < 4.78 is 0. The average Bonchev–Trinajstić information content (AvgIpc) is 2.82. The van der Waals surface area contributed by atoms with E-state index in [1.54, 1.807) is 6.92 Å². The molecule has 1 atom stereocenters. The number of anilines is 1. The maximum absolute atomic E-state index is 11.8. The molecule has 1 heterocycles. The van der Waals surface area contributed by atoms with Crippen LogP contribution < -0.4 is 4.90 Å². The van der Waals surface area contributed by atoms with Gasteiger partial charge in [-0.15, -0.1) is 0 Å². The largest absolute Gasteiger partial charge is 0.371 e. The fourth-order valence-electron chi connectivity index (χ4n) is 4.49. The van der Waals surface area contributed by atoms with E-state index in [2.05, 4.69) is 68.8 Å². The molecule has 5 heteroatoms. The van der Waals surface area contributed by atoms with Gasteiger partial charge in [0.25, 0.3) is 0 Å². The van der Waals surface area contributed by atoms with Crippen molar-refractivity contribution in [3.05, 3.63) is 58.1 Å². The Hall–Kier alpha value is -2.17. The number of hydrogen-bond acceptors (Lipinski definition) is 4. The molecule has 0 spiro atoms. The van der Waals surface area contributed by atoms with Crippen molar-refractivity contribution in [1.29, 1.82) is 0 Å². The molecule has 4 nitrogen and oxygen atoms in total. The van der Waals surface area contributed by atoms with Crippen LogP contribution >= 0.6 is 11.6 Å². The van der Waals surface area contributed by atoms with Crippen molar-refractivity contribution in [3.8, 4) is 0 Å². The van der Waals surface area contributed by atoms with Gasteiger partial charge in [-0.3, -0.25) is 9.79 Å². The van der Waals surface area contributed by atoms with Crippen molar-refractivity contribution in [2.45, 2.75) is 67.2 Å². The number of hydrogen-bond donors (Lipinski definition) is 0. The molecule has 0 amide bonds. The number of rotatable bonds is 8. The summed E-state index contributed by atoms with van der Waals surface area (Å²) in [6.45, 7) is 16.5. The second-order valence-electron chi connectivity index (χ2n) is 9.85. The topological polar surface area (TPSA) is 35.9 Å². The molecule has 1 unspecified atom stereocenters. The number of benzene rings is 2. The molecule has 2 aromatic rings. The van der Waals surface area contributed by atoms with Crippen LogP contribution in [0.5, 0.6) is 0 Å². The third-order valence-corrected chi connectivity index (χ3v) is 6.89. The van der Waals surface area contributed by atoms with E-state index in [-0.39, 0.29) is 11.7 Å². The quantitative estimate of drug-likeness (QED) is 0.351. The lowest BCUT2D eigenvalue weighted by atomic mass is 9.94. The van der Waals surface area contributed by atoms with Gasteiger partial charge in [0.05, 0.1) is 5.69 Å². The predicted octanol–water partition coefficient (Wildman–Crippen LogP) is 7.64. The number of ketones is 1. The fraction of sp³-hybridized carbons (Fsp3) is 0.533. The summed E-state index contributed by atoms with van der Waals surface area (Å²) >= 11 is 6.49. The van der Waals surface area contributed by atoms with Gasteiger partial charge in [-0.25, -0.2) is 0 Å². The van der Waals surface area contributed by atoms with Gasteiger partial charge < -0.3 is 9.80 Å². The summed E-state index contributed by atoms with van der Waals surface area (Å²) in [5.41, 5.74) is 6.26. The number of piperidine rings is 1. The SMILES string of the molecule is CC(=O)C1CCCN(c2ccc(Cl)c(C(C)=Nc3cc(C)ccc3C)c2)C1.CCCN(C)CCC. The van der Waals surface area contributed by atoms with Gasteiger partial charge in [0.1, 0.15) is 5.78 Å². The molecule has 0 radical (unpaired) electrons. The van der Waals surface area contributed by atoms with Gasteiger partial charge in [-0.2, -0.15) is 0 Å². The average molecular weight is 498 g/mol. The minimum Gasteiger partial charge on any atom is -0.371 e. The highest BCUT2D eigenvalue weighted by Gasteiger charge is 2.23. The van der Waals surface area contributed by atoms with Crippen molar-refractivity contribution in [3.63, 3.8) is 0 Å². The van der Waals surface area contributed by atoms with E-state index in [0.717, 1.165) is 54.1 Å². The molecule has 0 aliphatic carbocycles. The molecule has 1 aliphatic heterocycles. The number of aryl methyl sites for hydroxylation is 2. The lowest BCUT2D eigenvalue weighted by Crippen LogP contribution is -2.38. The molecule has 35 heavy (non-hydrogen) atoms. The highest BCUT2D eigenvalue weighted by molar-refractivity contribution is 6.34. The number of carbonyl (C=O) groups is 1. The van der Waals surface area contributed by atoms with E-state index in [4.69, 9.17) is 16.6 Å². The lowest BCUT2D eigenvalue weighted by Gasteiger charge is -2.33. The summed E-state index contributed by atoms with van der Waals surface area (Å²) in [7, 11) is 2.17. The summed E-state index contributed by atoms with van der Waals surface area (Å²) in [4.78, 5) is 21.3. The Morgan fingerprint density at radius 2 is 1.77 bits per heavy atom. The van der Waals surface area contributed by atoms with Crippen LogP contribution in [0.15, 0.2) is 41.4 Å². The predicted molar refractivity (Wildman–Crippen MR) is 153 cm³/mol. The maximum Gasteiger partial charge on any atom is 0.134 e. The molecule has 1 fully saturated rings. The maximum atomic E-state index is 11.8. The summed E-state index contributed by atoms with van der Waals surface area (Å²) in [6.07, 6.45) is 4.57. The van der Waals surface area contributed by atoms with Gasteiger partial charge in [-0.1, -0.05) is 37.6 Å². The van der Waals surface area contributed by atoms with E-state index in [9.17, 15) is 4.79 Å². The molecule has 0 aromatic heterocycles.